The minimum atomic E-state index is 0.0432. The molecule has 0 bridgehead atoms. The molecule has 0 saturated carbocycles. The van der Waals surface area contributed by atoms with E-state index in [4.69, 9.17) is 22.7 Å². The Morgan fingerprint density at radius 1 is 1.31 bits per heavy atom. The summed E-state index contributed by atoms with van der Waals surface area (Å²) in [6.45, 7) is 3.85. The van der Waals surface area contributed by atoms with Crippen LogP contribution in [0.1, 0.15) is 16.8 Å². The van der Waals surface area contributed by atoms with Crippen molar-refractivity contribution < 1.29 is 0 Å². The second-order valence-corrected chi connectivity index (χ2v) is 4.26. The maximum absolute atomic E-state index is 7.43. The summed E-state index contributed by atoms with van der Waals surface area (Å²) >= 11 is 6.16. The minimum Gasteiger partial charge on any atom is -0.384 e. The Balaban J connectivity index is 2.87. The lowest BCUT2D eigenvalue weighted by molar-refractivity contribution is 1.24. The van der Waals surface area contributed by atoms with Crippen LogP contribution in [0, 0.1) is 19.3 Å². The molecule has 0 atom stereocenters. The molecule has 3 N–H and O–H groups in total. The monoisotopic (exact) mass is 233 g/mol. The number of nitrogens with zero attached hydrogens (tertiary/aromatic N) is 1. The number of pyridine rings is 1. The van der Waals surface area contributed by atoms with Gasteiger partial charge in [0.05, 0.1) is 10.5 Å². The van der Waals surface area contributed by atoms with E-state index in [-0.39, 0.29) is 5.84 Å². The molecule has 1 heterocycles. The van der Waals surface area contributed by atoms with Crippen LogP contribution in [0.3, 0.4) is 0 Å². The van der Waals surface area contributed by atoms with Gasteiger partial charge in [0.2, 0.25) is 0 Å². The number of amidine groups is 1. The van der Waals surface area contributed by atoms with Crippen molar-refractivity contribution in [1.29, 1.82) is 5.41 Å². The van der Waals surface area contributed by atoms with Gasteiger partial charge in [-0.2, -0.15) is 0 Å². The van der Waals surface area contributed by atoms with Gasteiger partial charge >= 0.3 is 0 Å². The van der Waals surface area contributed by atoms with Gasteiger partial charge in [-0.1, -0.05) is 11.6 Å². The summed E-state index contributed by atoms with van der Waals surface area (Å²) in [5, 5.41) is 8.93. The maximum Gasteiger partial charge on any atom is 0.122 e. The third-order valence-electron chi connectivity index (χ3n) is 2.49. The fourth-order valence-electron chi connectivity index (χ4n) is 1.74. The molecule has 0 aliphatic heterocycles. The summed E-state index contributed by atoms with van der Waals surface area (Å²) in [5.74, 6) is 0.0432. The van der Waals surface area contributed by atoms with Crippen molar-refractivity contribution in [3.05, 3.63) is 40.0 Å². The highest BCUT2D eigenvalue weighted by Gasteiger charge is 2.08. The molecule has 0 spiro atoms. The highest BCUT2D eigenvalue weighted by molar-refractivity contribution is 6.35. The lowest BCUT2D eigenvalue weighted by atomic mass is 10.0. The van der Waals surface area contributed by atoms with Gasteiger partial charge in [0.25, 0.3) is 0 Å². The second-order valence-electron chi connectivity index (χ2n) is 3.85. The van der Waals surface area contributed by atoms with Gasteiger partial charge in [-0.25, -0.2) is 0 Å². The predicted molar refractivity (Wildman–Crippen MR) is 67.2 cm³/mol. The van der Waals surface area contributed by atoms with E-state index in [1.54, 1.807) is 6.07 Å². The third-order valence-corrected chi connectivity index (χ3v) is 2.81. The van der Waals surface area contributed by atoms with Crippen LogP contribution in [0.4, 0.5) is 0 Å². The van der Waals surface area contributed by atoms with Crippen LogP contribution >= 0.6 is 11.6 Å². The number of nitrogens with two attached hydrogens (primary N) is 1. The van der Waals surface area contributed by atoms with Gasteiger partial charge in [-0.3, -0.25) is 10.4 Å². The van der Waals surface area contributed by atoms with Gasteiger partial charge in [0.1, 0.15) is 5.84 Å². The molecule has 0 fully saturated rings. The number of aromatic nitrogens is 1. The number of hydrogen-bond acceptors (Lipinski definition) is 2. The number of benzene rings is 1. The fraction of sp³-hybridized carbons (Fsp3) is 0.167. The first kappa shape index (κ1) is 10.9. The summed E-state index contributed by atoms with van der Waals surface area (Å²) in [6.07, 6.45) is 0. The quantitative estimate of drug-likeness (QED) is 0.588. The SMILES string of the molecule is Cc1cc(Cl)c2cc(C(=N)N)cc(C)c2n1. The van der Waals surface area contributed by atoms with E-state index in [1.165, 1.54) is 0 Å². The van der Waals surface area contributed by atoms with Crippen molar-refractivity contribution in [3.63, 3.8) is 0 Å². The van der Waals surface area contributed by atoms with Crippen molar-refractivity contribution in [3.8, 4) is 0 Å². The van der Waals surface area contributed by atoms with Gasteiger partial charge < -0.3 is 5.73 Å². The molecular formula is C12H12ClN3. The molecule has 0 aliphatic carbocycles. The van der Waals surface area contributed by atoms with Gasteiger partial charge in [-0.15, -0.1) is 0 Å². The number of aryl methyl sites for hydroxylation is 2. The van der Waals surface area contributed by atoms with E-state index >= 15 is 0 Å². The lowest BCUT2D eigenvalue weighted by Crippen LogP contribution is -2.11. The molecule has 2 aromatic rings. The van der Waals surface area contributed by atoms with Crippen LogP contribution in [0.25, 0.3) is 10.9 Å². The van der Waals surface area contributed by atoms with Gasteiger partial charge in [0.15, 0.2) is 0 Å². The van der Waals surface area contributed by atoms with Crippen LogP contribution in [0.2, 0.25) is 5.02 Å². The van der Waals surface area contributed by atoms with Gasteiger partial charge in [0, 0.05) is 16.6 Å². The molecule has 1 aromatic carbocycles. The molecule has 0 saturated heterocycles. The number of nitrogens with one attached hydrogen (secondary N) is 1. The van der Waals surface area contributed by atoms with Crippen LogP contribution < -0.4 is 5.73 Å². The Morgan fingerprint density at radius 2 is 2.00 bits per heavy atom. The Kier molecular flexibility index (Phi) is 2.56. The Bertz CT molecular complexity index is 590. The molecule has 0 radical (unpaired) electrons. The minimum absolute atomic E-state index is 0.0432. The molecule has 4 heteroatoms. The molecule has 16 heavy (non-hydrogen) atoms. The average Bonchev–Trinajstić information content (AvgIpc) is 2.19. The smallest absolute Gasteiger partial charge is 0.122 e. The molecule has 82 valence electrons. The standard InChI is InChI=1S/C12H12ClN3/c1-6-3-8(12(14)15)5-9-10(13)4-7(2)16-11(6)9/h3-5H,1-2H3,(H3,14,15). The van der Waals surface area contributed by atoms with Crippen LogP contribution in [-0.2, 0) is 0 Å². The summed E-state index contributed by atoms with van der Waals surface area (Å²) < 4.78 is 0. The molecule has 2 rings (SSSR count). The molecule has 1 aromatic heterocycles. The highest BCUT2D eigenvalue weighted by atomic mass is 35.5. The topological polar surface area (TPSA) is 62.8 Å². The Hall–Kier alpha value is -1.61. The number of halogens is 1. The normalized spacial score (nSPS) is 10.7. The number of fused-ring (bicyclic) bond motifs is 1. The van der Waals surface area contributed by atoms with Crippen LogP contribution in [0.15, 0.2) is 18.2 Å². The lowest BCUT2D eigenvalue weighted by Gasteiger charge is -2.08. The molecular weight excluding hydrogens is 222 g/mol. The number of nitrogen functional groups attached to an aromatic ring is 1. The number of rotatable bonds is 1. The van der Waals surface area contributed by atoms with Crippen LogP contribution in [-0.4, -0.2) is 10.8 Å². The zero-order valence-electron chi connectivity index (χ0n) is 9.13. The Labute approximate surface area is 98.8 Å². The maximum atomic E-state index is 7.43. The van der Waals surface area contributed by atoms with E-state index < -0.39 is 0 Å². The summed E-state index contributed by atoms with van der Waals surface area (Å²) in [7, 11) is 0. The van der Waals surface area contributed by atoms with Crippen molar-refractivity contribution in [2.75, 3.05) is 0 Å². The van der Waals surface area contributed by atoms with Gasteiger partial charge in [-0.05, 0) is 37.6 Å². The zero-order chi connectivity index (χ0) is 11.9. The van der Waals surface area contributed by atoms with Crippen molar-refractivity contribution >= 4 is 28.3 Å². The second kappa shape index (κ2) is 3.76. The zero-order valence-corrected chi connectivity index (χ0v) is 9.89. The third kappa shape index (κ3) is 1.74. The van der Waals surface area contributed by atoms with Crippen LogP contribution in [0.5, 0.6) is 0 Å². The van der Waals surface area contributed by atoms with E-state index in [0.29, 0.717) is 10.6 Å². The first-order chi connectivity index (χ1) is 7.49. The number of hydrogen-bond donors (Lipinski definition) is 2. The Morgan fingerprint density at radius 3 is 2.62 bits per heavy atom. The summed E-state index contributed by atoms with van der Waals surface area (Å²) in [4.78, 5) is 4.44. The fourth-order valence-corrected chi connectivity index (χ4v) is 2.04. The van der Waals surface area contributed by atoms with E-state index in [1.807, 2.05) is 26.0 Å². The van der Waals surface area contributed by atoms with E-state index in [9.17, 15) is 0 Å². The molecule has 0 aliphatic rings. The van der Waals surface area contributed by atoms with Crippen molar-refractivity contribution in [2.24, 2.45) is 5.73 Å². The molecule has 0 unspecified atom stereocenters. The summed E-state index contributed by atoms with van der Waals surface area (Å²) in [5.41, 5.74) is 8.89. The van der Waals surface area contributed by atoms with Crippen molar-refractivity contribution in [1.82, 2.24) is 4.98 Å². The van der Waals surface area contributed by atoms with E-state index in [0.717, 1.165) is 22.2 Å². The molecule has 0 amide bonds. The first-order valence-electron chi connectivity index (χ1n) is 4.91. The van der Waals surface area contributed by atoms with Crippen molar-refractivity contribution in [2.45, 2.75) is 13.8 Å². The largest absolute Gasteiger partial charge is 0.384 e. The summed E-state index contributed by atoms with van der Waals surface area (Å²) in [6, 6.07) is 5.47. The average molecular weight is 234 g/mol. The highest BCUT2D eigenvalue weighted by Crippen LogP contribution is 2.26. The predicted octanol–water partition coefficient (Wildman–Crippen LogP) is 2.79. The molecule has 3 nitrogen and oxygen atoms in total. The van der Waals surface area contributed by atoms with E-state index in [2.05, 4.69) is 4.98 Å². The first-order valence-corrected chi connectivity index (χ1v) is 5.28.